The number of hydrogen-bond donors (Lipinski definition) is 3. The molecule has 0 aromatic heterocycles. The molecule has 1 rings (SSSR count). The molecular weight excluding hydrogens is 248 g/mol. The minimum Gasteiger partial charge on any atom is -0.388 e. The minimum absolute atomic E-state index is 0.0698. The van der Waals surface area contributed by atoms with Gasteiger partial charge in [-0.15, -0.1) is 0 Å². The Morgan fingerprint density at radius 3 is 2.47 bits per heavy atom. The first-order valence-corrected chi connectivity index (χ1v) is 7.40. The van der Waals surface area contributed by atoms with E-state index in [2.05, 4.69) is 6.92 Å². The summed E-state index contributed by atoms with van der Waals surface area (Å²) in [4.78, 5) is 0. The monoisotopic (exact) mass is 276 g/mol. The van der Waals surface area contributed by atoms with E-state index >= 15 is 0 Å². The Hall–Kier alpha value is -0.200. The largest absolute Gasteiger partial charge is 0.388 e. The maximum Gasteiger partial charge on any atom is 0.114 e. The zero-order valence-corrected chi connectivity index (χ0v) is 11.8. The van der Waals surface area contributed by atoms with Crippen LogP contribution in [-0.4, -0.2) is 59.6 Å². The molecule has 19 heavy (non-hydrogen) atoms. The first kappa shape index (κ1) is 16.9. The van der Waals surface area contributed by atoms with E-state index in [1.807, 2.05) is 0 Å². The van der Waals surface area contributed by atoms with Crippen LogP contribution in [-0.2, 0) is 9.47 Å². The average molecular weight is 276 g/mol. The summed E-state index contributed by atoms with van der Waals surface area (Å²) in [6.07, 6.45) is 3.65. The predicted octanol–water partition coefficient (Wildman–Crippen LogP) is 0.845. The first-order valence-electron chi connectivity index (χ1n) is 7.40. The van der Waals surface area contributed by atoms with Crippen LogP contribution in [0.25, 0.3) is 0 Å². The molecule has 0 spiro atoms. The topological polar surface area (TPSA) is 79.2 Å². The highest BCUT2D eigenvalue weighted by atomic mass is 16.5. The lowest BCUT2D eigenvalue weighted by Crippen LogP contribution is -2.40. The molecule has 0 bridgehead atoms. The van der Waals surface area contributed by atoms with Gasteiger partial charge in [0.25, 0.3) is 0 Å². The lowest BCUT2D eigenvalue weighted by Gasteiger charge is -2.20. The van der Waals surface area contributed by atoms with Crippen molar-refractivity contribution in [2.75, 3.05) is 19.8 Å². The minimum atomic E-state index is -1.02. The van der Waals surface area contributed by atoms with Crippen molar-refractivity contribution in [2.45, 2.75) is 69.9 Å². The molecule has 4 atom stereocenters. The van der Waals surface area contributed by atoms with Crippen LogP contribution in [0.15, 0.2) is 0 Å². The predicted molar refractivity (Wildman–Crippen MR) is 72.0 cm³/mol. The zero-order valence-electron chi connectivity index (χ0n) is 11.8. The molecule has 5 nitrogen and oxygen atoms in total. The number of hydrogen-bond acceptors (Lipinski definition) is 5. The number of aliphatic hydroxyl groups excluding tert-OH is 3. The van der Waals surface area contributed by atoms with Gasteiger partial charge in [0.1, 0.15) is 24.4 Å². The maximum atomic E-state index is 9.79. The third kappa shape index (κ3) is 6.19. The van der Waals surface area contributed by atoms with Gasteiger partial charge >= 0.3 is 0 Å². The number of unbranched alkanes of at least 4 members (excludes halogenated alkanes) is 5. The molecule has 0 aromatic carbocycles. The van der Waals surface area contributed by atoms with Crippen LogP contribution in [0.1, 0.15) is 45.4 Å². The third-order valence-corrected chi connectivity index (χ3v) is 3.50. The summed E-state index contributed by atoms with van der Waals surface area (Å²) in [6.45, 7) is 3.03. The fraction of sp³-hybridized carbons (Fsp3) is 1.00. The highest BCUT2D eigenvalue weighted by molar-refractivity contribution is 4.87. The van der Waals surface area contributed by atoms with E-state index in [9.17, 15) is 15.3 Å². The Kier molecular flexibility index (Phi) is 8.57. The van der Waals surface area contributed by atoms with Gasteiger partial charge in [-0.25, -0.2) is 0 Å². The quantitative estimate of drug-likeness (QED) is 0.515. The van der Waals surface area contributed by atoms with Gasteiger partial charge in [0.05, 0.1) is 13.2 Å². The highest BCUT2D eigenvalue weighted by Crippen LogP contribution is 2.17. The fourth-order valence-electron chi connectivity index (χ4n) is 2.25. The van der Waals surface area contributed by atoms with Crippen LogP contribution in [0, 0.1) is 0 Å². The van der Waals surface area contributed by atoms with E-state index in [1.165, 1.54) is 25.7 Å². The summed E-state index contributed by atoms with van der Waals surface area (Å²) in [5.74, 6) is 0. The van der Waals surface area contributed by atoms with E-state index in [0.717, 1.165) is 12.8 Å². The van der Waals surface area contributed by atoms with Crippen molar-refractivity contribution in [1.82, 2.24) is 0 Å². The molecule has 1 aliphatic heterocycles. The Labute approximate surface area is 115 Å². The summed E-state index contributed by atoms with van der Waals surface area (Å²) < 4.78 is 10.5. The number of aliphatic hydroxyl groups is 3. The van der Waals surface area contributed by atoms with E-state index < -0.39 is 24.4 Å². The summed E-state index contributed by atoms with van der Waals surface area (Å²) in [7, 11) is 0. The van der Waals surface area contributed by atoms with Gasteiger partial charge in [0.2, 0.25) is 0 Å². The molecule has 0 aromatic rings. The molecule has 0 saturated carbocycles. The van der Waals surface area contributed by atoms with E-state index in [1.54, 1.807) is 0 Å². The summed E-state index contributed by atoms with van der Waals surface area (Å²) in [5, 5.41) is 28.7. The third-order valence-electron chi connectivity index (χ3n) is 3.50. The van der Waals surface area contributed by atoms with Crippen molar-refractivity contribution in [1.29, 1.82) is 0 Å². The molecule has 1 heterocycles. The van der Waals surface area contributed by atoms with Gasteiger partial charge < -0.3 is 24.8 Å². The lowest BCUT2D eigenvalue weighted by molar-refractivity contribution is -0.0813. The molecule has 5 heteroatoms. The molecule has 0 amide bonds. The van der Waals surface area contributed by atoms with Crippen LogP contribution in [0.5, 0.6) is 0 Å². The van der Waals surface area contributed by atoms with Gasteiger partial charge in [0.15, 0.2) is 0 Å². The summed E-state index contributed by atoms with van der Waals surface area (Å²) >= 11 is 0. The molecule has 0 radical (unpaired) electrons. The van der Waals surface area contributed by atoms with E-state index in [-0.39, 0.29) is 13.2 Å². The van der Waals surface area contributed by atoms with Gasteiger partial charge in [0, 0.05) is 6.61 Å². The molecule has 3 N–H and O–H groups in total. The first-order chi connectivity index (χ1) is 9.16. The standard InChI is InChI=1S/C14H28O5/c1-2-3-4-5-6-7-8-18-9-12(16)14-13(17)11(15)10-19-14/h11-17H,2-10H2,1H3/t11?,12?,13-,14-/m1/s1. The van der Waals surface area contributed by atoms with Crippen molar-refractivity contribution in [2.24, 2.45) is 0 Å². The Morgan fingerprint density at radius 1 is 1.16 bits per heavy atom. The van der Waals surface area contributed by atoms with Crippen LogP contribution in [0.2, 0.25) is 0 Å². The highest BCUT2D eigenvalue weighted by Gasteiger charge is 2.39. The normalized spacial score (nSPS) is 28.7. The van der Waals surface area contributed by atoms with Crippen molar-refractivity contribution in [3.8, 4) is 0 Å². The van der Waals surface area contributed by atoms with Crippen molar-refractivity contribution < 1.29 is 24.8 Å². The van der Waals surface area contributed by atoms with Crippen LogP contribution in [0.3, 0.4) is 0 Å². The second kappa shape index (κ2) is 9.66. The van der Waals surface area contributed by atoms with Crippen LogP contribution < -0.4 is 0 Å². The van der Waals surface area contributed by atoms with Gasteiger partial charge in [-0.1, -0.05) is 39.0 Å². The lowest BCUT2D eigenvalue weighted by atomic mass is 10.1. The van der Waals surface area contributed by atoms with E-state index in [4.69, 9.17) is 9.47 Å². The summed E-state index contributed by atoms with van der Waals surface area (Å²) in [6, 6.07) is 0. The molecule has 1 saturated heterocycles. The SMILES string of the molecule is CCCCCCCCOCC(O)[C@H]1OCC(O)[C@H]1O. The van der Waals surface area contributed by atoms with Crippen LogP contribution in [0.4, 0.5) is 0 Å². The molecule has 0 aliphatic carbocycles. The van der Waals surface area contributed by atoms with Gasteiger partial charge in [-0.3, -0.25) is 0 Å². The Bertz CT molecular complexity index is 224. The van der Waals surface area contributed by atoms with Crippen LogP contribution >= 0.6 is 0 Å². The molecule has 2 unspecified atom stereocenters. The second-order valence-electron chi connectivity index (χ2n) is 5.27. The number of rotatable bonds is 10. The average Bonchev–Trinajstić information content (AvgIpc) is 2.73. The fourth-order valence-corrected chi connectivity index (χ4v) is 2.25. The smallest absolute Gasteiger partial charge is 0.114 e. The maximum absolute atomic E-state index is 9.79. The zero-order chi connectivity index (χ0) is 14.1. The Morgan fingerprint density at radius 2 is 1.84 bits per heavy atom. The van der Waals surface area contributed by atoms with Crippen molar-refractivity contribution >= 4 is 0 Å². The van der Waals surface area contributed by atoms with E-state index in [0.29, 0.717) is 6.61 Å². The molecule has 1 aliphatic rings. The van der Waals surface area contributed by atoms with Gasteiger partial charge in [-0.05, 0) is 6.42 Å². The van der Waals surface area contributed by atoms with Crippen molar-refractivity contribution in [3.63, 3.8) is 0 Å². The summed E-state index contributed by atoms with van der Waals surface area (Å²) in [5.41, 5.74) is 0. The molecule has 1 fully saturated rings. The Balaban J connectivity index is 1.97. The second-order valence-corrected chi connectivity index (χ2v) is 5.27. The van der Waals surface area contributed by atoms with Crippen molar-refractivity contribution in [3.05, 3.63) is 0 Å². The molecule has 114 valence electrons. The molecular formula is C14H28O5. The van der Waals surface area contributed by atoms with Gasteiger partial charge in [-0.2, -0.15) is 0 Å². The number of ether oxygens (including phenoxy) is 2.